The van der Waals surface area contributed by atoms with Crippen molar-refractivity contribution in [2.45, 2.75) is 6.42 Å². The van der Waals surface area contributed by atoms with Gasteiger partial charge in [-0.25, -0.2) is 0 Å². The van der Waals surface area contributed by atoms with Crippen LogP contribution in [0.25, 0.3) is 22.2 Å². The van der Waals surface area contributed by atoms with Gasteiger partial charge in [0.15, 0.2) is 22.9 Å². The SMILES string of the molecule is O=C(Cc1noc2ccccc12)N1CCN(c2ccc(-c3ccc4c(c3)OCO4)nn2)CC1. The molecule has 0 spiro atoms. The summed E-state index contributed by atoms with van der Waals surface area (Å²) in [6.45, 7) is 2.89. The molecule has 0 radical (unpaired) electrons. The van der Waals surface area contributed by atoms with Crippen LogP contribution in [0.15, 0.2) is 59.1 Å². The Balaban J connectivity index is 1.08. The third kappa shape index (κ3) is 3.71. The van der Waals surface area contributed by atoms with Crippen molar-refractivity contribution in [3.8, 4) is 22.8 Å². The molecule has 9 nitrogen and oxygen atoms in total. The molecule has 4 heterocycles. The summed E-state index contributed by atoms with van der Waals surface area (Å²) in [6.07, 6.45) is 0.237. The second-order valence-corrected chi connectivity index (χ2v) is 8.01. The molecule has 2 aliphatic rings. The molecule has 1 fully saturated rings. The number of carbonyl (C=O) groups excluding carboxylic acids is 1. The van der Waals surface area contributed by atoms with Gasteiger partial charge in [-0.05, 0) is 42.5 Å². The zero-order chi connectivity index (χ0) is 22.2. The number of amides is 1. The first-order valence-electron chi connectivity index (χ1n) is 10.8. The van der Waals surface area contributed by atoms with Gasteiger partial charge in [-0.1, -0.05) is 17.3 Å². The molecule has 4 aromatic rings. The first kappa shape index (κ1) is 19.5. The maximum Gasteiger partial charge on any atom is 0.231 e. The predicted octanol–water partition coefficient (Wildman–Crippen LogP) is 2.90. The largest absolute Gasteiger partial charge is 0.454 e. The number of anilines is 1. The Bertz CT molecular complexity index is 1310. The highest BCUT2D eigenvalue weighted by Crippen LogP contribution is 2.35. The van der Waals surface area contributed by atoms with Crippen molar-refractivity contribution in [3.05, 3.63) is 60.3 Å². The van der Waals surface area contributed by atoms with Crippen LogP contribution in [0.5, 0.6) is 11.5 Å². The number of hydrogen-bond acceptors (Lipinski definition) is 8. The standard InChI is InChI=1S/C24H21N5O4/c30-24(14-19-17-3-1-2-4-20(17)33-27-19)29-11-9-28(10-12-29)23-8-6-18(25-26-23)16-5-7-21-22(13-16)32-15-31-21/h1-8,13H,9-12,14-15H2. The second kappa shape index (κ2) is 8.09. The van der Waals surface area contributed by atoms with Crippen molar-refractivity contribution in [1.29, 1.82) is 0 Å². The lowest BCUT2D eigenvalue weighted by Gasteiger charge is -2.35. The third-order valence-electron chi connectivity index (χ3n) is 6.05. The molecular formula is C24H21N5O4. The topological polar surface area (TPSA) is 93.8 Å². The van der Waals surface area contributed by atoms with Crippen LogP contribution < -0.4 is 14.4 Å². The molecule has 0 unspecified atom stereocenters. The molecule has 9 heteroatoms. The zero-order valence-corrected chi connectivity index (χ0v) is 17.8. The lowest BCUT2D eigenvalue weighted by molar-refractivity contribution is -0.130. The number of rotatable bonds is 4. The number of aromatic nitrogens is 3. The van der Waals surface area contributed by atoms with E-state index >= 15 is 0 Å². The zero-order valence-electron chi connectivity index (χ0n) is 17.8. The van der Waals surface area contributed by atoms with Crippen LogP contribution in [-0.4, -0.2) is 59.1 Å². The Labute approximate surface area is 189 Å². The molecule has 1 saturated heterocycles. The predicted molar refractivity (Wildman–Crippen MR) is 120 cm³/mol. The highest BCUT2D eigenvalue weighted by Gasteiger charge is 2.24. The molecule has 0 aliphatic carbocycles. The van der Waals surface area contributed by atoms with Gasteiger partial charge >= 0.3 is 0 Å². The summed E-state index contributed by atoms with van der Waals surface area (Å²) in [4.78, 5) is 16.8. The van der Waals surface area contributed by atoms with Crippen molar-refractivity contribution in [3.63, 3.8) is 0 Å². The van der Waals surface area contributed by atoms with Gasteiger partial charge in [0, 0.05) is 37.1 Å². The van der Waals surface area contributed by atoms with Crippen molar-refractivity contribution in [1.82, 2.24) is 20.3 Å². The smallest absolute Gasteiger partial charge is 0.231 e. The molecule has 0 atom stereocenters. The Morgan fingerprint density at radius 1 is 0.909 bits per heavy atom. The van der Waals surface area contributed by atoms with E-state index in [0.29, 0.717) is 37.5 Å². The average Bonchev–Trinajstić information content (AvgIpc) is 3.51. The van der Waals surface area contributed by atoms with Crippen LogP contribution in [0.4, 0.5) is 5.82 Å². The summed E-state index contributed by atoms with van der Waals surface area (Å²) in [6, 6.07) is 17.2. The Morgan fingerprint density at radius 3 is 2.61 bits per heavy atom. The Hall–Kier alpha value is -4.14. The van der Waals surface area contributed by atoms with Crippen molar-refractivity contribution in [2.75, 3.05) is 37.9 Å². The van der Waals surface area contributed by atoms with E-state index in [1.54, 1.807) is 0 Å². The minimum Gasteiger partial charge on any atom is -0.454 e. The van der Waals surface area contributed by atoms with Gasteiger partial charge in [-0.15, -0.1) is 10.2 Å². The quantitative estimate of drug-likeness (QED) is 0.475. The molecule has 1 amide bonds. The van der Waals surface area contributed by atoms with Gasteiger partial charge < -0.3 is 23.8 Å². The van der Waals surface area contributed by atoms with Crippen LogP contribution in [-0.2, 0) is 11.2 Å². The summed E-state index contributed by atoms with van der Waals surface area (Å²) < 4.78 is 16.1. The van der Waals surface area contributed by atoms with Crippen LogP contribution in [0.2, 0.25) is 0 Å². The van der Waals surface area contributed by atoms with Crippen molar-refractivity contribution >= 4 is 22.7 Å². The number of fused-ring (bicyclic) bond motifs is 2. The van der Waals surface area contributed by atoms with Gasteiger partial charge in [0.2, 0.25) is 12.7 Å². The molecule has 6 rings (SSSR count). The maximum absolute atomic E-state index is 12.8. The summed E-state index contributed by atoms with van der Waals surface area (Å²) in [5.41, 5.74) is 3.08. The number of nitrogens with zero attached hydrogens (tertiary/aromatic N) is 5. The molecule has 0 bridgehead atoms. The van der Waals surface area contributed by atoms with Gasteiger partial charge in [-0.3, -0.25) is 4.79 Å². The lowest BCUT2D eigenvalue weighted by atomic mass is 10.1. The van der Waals surface area contributed by atoms with Gasteiger partial charge in [0.25, 0.3) is 0 Å². The summed E-state index contributed by atoms with van der Waals surface area (Å²) in [5.74, 6) is 2.32. The number of hydrogen-bond donors (Lipinski definition) is 0. The number of ether oxygens (including phenoxy) is 2. The molecule has 2 aliphatic heterocycles. The van der Waals surface area contributed by atoms with Crippen molar-refractivity contribution < 1.29 is 18.8 Å². The normalized spacial score (nSPS) is 15.3. The van der Waals surface area contributed by atoms with E-state index in [4.69, 9.17) is 14.0 Å². The van der Waals surface area contributed by atoms with E-state index in [1.807, 2.05) is 59.5 Å². The van der Waals surface area contributed by atoms with E-state index in [9.17, 15) is 4.79 Å². The molecular weight excluding hydrogens is 422 g/mol. The molecule has 166 valence electrons. The first-order valence-corrected chi connectivity index (χ1v) is 10.8. The maximum atomic E-state index is 12.8. The molecule has 2 aromatic carbocycles. The highest BCUT2D eigenvalue weighted by atomic mass is 16.7. The fourth-order valence-electron chi connectivity index (χ4n) is 4.21. The minimum absolute atomic E-state index is 0.0537. The van der Waals surface area contributed by atoms with E-state index in [1.165, 1.54) is 0 Å². The van der Waals surface area contributed by atoms with E-state index in [2.05, 4.69) is 20.3 Å². The number of benzene rings is 2. The third-order valence-corrected chi connectivity index (χ3v) is 6.05. The molecule has 33 heavy (non-hydrogen) atoms. The molecule has 0 saturated carbocycles. The first-order chi connectivity index (χ1) is 16.2. The lowest BCUT2D eigenvalue weighted by Crippen LogP contribution is -2.49. The number of para-hydroxylation sites is 1. The van der Waals surface area contributed by atoms with Crippen LogP contribution in [0, 0.1) is 0 Å². The molecule has 2 aromatic heterocycles. The van der Waals surface area contributed by atoms with E-state index in [0.717, 1.165) is 34.0 Å². The second-order valence-electron chi connectivity index (χ2n) is 8.01. The number of piperazine rings is 1. The summed E-state index contributed by atoms with van der Waals surface area (Å²) in [7, 11) is 0. The fraction of sp³-hybridized carbons (Fsp3) is 0.250. The highest BCUT2D eigenvalue weighted by molar-refractivity contribution is 5.86. The minimum atomic E-state index is 0.0537. The summed E-state index contributed by atoms with van der Waals surface area (Å²) in [5, 5.41) is 13.8. The Morgan fingerprint density at radius 2 is 1.76 bits per heavy atom. The van der Waals surface area contributed by atoms with Crippen LogP contribution >= 0.6 is 0 Å². The summed E-state index contributed by atoms with van der Waals surface area (Å²) >= 11 is 0. The van der Waals surface area contributed by atoms with Gasteiger partial charge in [-0.2, -0.15) is 0 Å². The van der Waals surface area contributed by atoms with Gasteiger partial charge in [0.1, 0.15) is 5.69 Å². The van der Waals surface area contributed by atoms with E-state index in [-0.39, 0.29) is 19.1 Å². The average molecular weight is 443 g/mol. The number of carbonyl (C=O) groups is 1. The van der Waals surface area contributed by atoms with Crippen LogP contribution in [0.1, 0.15) is 5.69 Å². The Kier molecular flexibility index (Phi) is 4.79. The van der Waals surface area contributed by atoms with Crippen LogP contribution in [0.3, 0.4) is 0 Å². The van der Waals surface area contributed by atoms with Crippen molar-refractivity contribution in [2.24, 2.45) is 0 Å². The monoisotopic (exact) mass is 443 g/mol. The molecule has 0 N–H and O–H groups in total. The fourth-order valence-corrected chi connectivity index (χ4v) is 4.21. The van der Waals surface area contributed by atoms with E-state index < -0.39 is 0 Å². The van der Waals surface area contributed by atoms with Gasteiger partial charge in [0.05, 0.1) is 12.1 Å².